The molecule has 0 bridgehead atoms. The van der Waals surface area contributed by atoms with Gasteiger partial charge in [0.15, 0.2) is 0 Å². The number of anilines is 1. The standard InChI is InChI=1S/C13H16N4OS/c18-15-5-6-16-7-9-17(10-8-16)13-3-1-12(2-4-13)14-11-19/h1-4H,5-10H2. The molecule has 5 nitrogen and oxygen atoms in total. The van der Waals surface area contributed by atoms with Crippen molar-refractivity contribution in [1.82, 2.24) is 4.90 Å². The normalized spacial score (nSPS) is 15.9. The monoisotopic (exact) mass is 276 g/mol. The summed E-state index contributed by atoms with van der Waals surface area (Å²) in [6.07, 6.45) is 0. The molecule has 0 N–H and O–H groups in total. The van der Waals surface area contributed by atoms with Gasteiger partial charge in [-0.25, -0.2) is 0 Å². The lowest BCUT2D eigenvalue weighted by Crippen LogP contribution is -2.47. The smallest absolute Gasteiger partial charge is 0.0938 e. The highest BCUT2D eigenvalue weighted by atomic mass is 32.1. The number of isothiocyanates is 1. The molecule has 1 heterocycles. The highest BCUT2D eigenvalue weighted by Crippen LogP contribution is 2.20. The van der Waals surface area contributed by atoms with Gasteiger partial charge < -0.3 is 4.90 Å². The van der Waals surface area contributed by atoms with Gasteiger partial charge in [-0.15, -0.1) is 0 Å². The molecule has 1 aromatic rings. The molecule has 0 spiro atoms. The maximum absolute atomic E-state index is 10.1. The maximum atomic E-state index is 10.1. The second-order valence-electron chi connectivity index (χ2n) is 4.40. The molecule has 0 unspecified atom stereocenters. The molecule has 1 aliphatic rings. The molecule has 19 heavy (non-hydrogen) atoms. The number of nitroso groups, excluding NO2 is 1. The van der Waals surface area contributed by atoms with Crippen LogP contribution in [-0.2, 0) is 0 Å². The highest BCUT2D eigenvalue weighted by molar-refractivity contribution is 7.78. The summed E-state index contributed by atoms with van der Waals surface area (Å²) < 4.78 is 0. The van der Waals surface area contributed by atoms with Gasteiger partial charge in [-0.2, -0.15) is 9.90 Å². The fraction of sp³-hybridized carbons (Fsp3) is 0.462. The molecule has 6 heteroatoms. The largest absolute Gasteiger partial charge is 0.369 e. The van der Waals surface area contributed by atoms with Crippen LogP contribution < -0.4 is 4.90 Å². The Hall–Kier alpha value is -1.62. The van der Waals surface area contributed by atoms with E-state index in [4.69, 9.17) is 0 Å². The summed E-state index contributed by atoms with van der Waals surface area (Å²) in [5, 5.41) is 5.27. The highest BCUT2D eigenvalue weighted by Gasteiger charge is 2.16. The maximum Gasteiger partial charge on any atom is 0.0938 e. The van der Waals surface area contributed by atoms with Gasteiger partial charge in [-0.1, -0.05) is 5.18 Å². The lowest BCUT2D eigenvalue weighted by atomic mass is 10.2. The molecule has 2 rings (SSSR count). The fourth-order valence-electron chi connectivity index (χ4n) is 2.20. The van der Waals surface area contributed by atoms with Crippen molar-refractivity contribution >= 4 is 28.8 Å². The van der Waals surface area contributed by atoms with Crippen molar-refractivity contribution in [2.45, 2.75) is 0 Å². The van der Waals surface area contributed by atoms with E-state index >= 15 is 0 Å². The lowest BCUT2D eigenvalue weighted by Gasteiger charge is -2.35. The van der Waals surface area contributed by atoms with Crippen LogP contribution in [0, 0.1) is 4.91 Å². The Kier molecular flexibility index (Phi) is 5.15. The Balaban J connectivity index is 1.90. The topological polar surface area (TPSA) is 48.3 Å². The Morgan fingerprint density at radius 1 is 1.16 bits per heavy atom. The van der Waals surface area contributed by atoms with E-state index < -0.39 is 0 Å². The van der Waals surface area contributed by atoms with Crippen molar-refractivity contribution in [3.05, 3.63) is 29.2 Å². The van der Waals surface area contributed by atoms with Gasteiger partial charge in [0.2, 0.25) is 0 Å². The zero-order chi connectivity index (χ0) is 13.5. The number of benzene rings is 1. The van der Waals surface area contributed by atoms with Gasteiger partial charge in [0.25, 0.3) is 0 Å². The molecular formula is C13H16N4OS. The van der Waals surface area contributed by atoms with Crippen LogP contribution in [0.2, 0.25) is 0 Å². The minimum absolute atomic E-state index is 0.379. The van der Waals surface area contributed by atoms with Gasteiger partial charge in [0, 0.05) is 38.4 Å². The second-order valence-corrected chi connectivity index (χ2v) is 4.58. The SMILES string of the molecule is O=NCCN1CCN(c2ccc(N=C=S)cc2)CC1. The van der Waals surface area contributed by atoms with Crippen LogP contribution in [0.25, 0.3) is 0 Å². The van der Waals surface area contributed by atoms with Crippen LogP contribution in [0.15, 0.2) is 34.4 Å². The van der Waals surface area contributed by atoms with Crippen LogP contribution in [0.4, 0.5) is 11.4 Å². The molecule has 0 atom stereocenters. The first-order valence-electron chi connectivity index (χ1n) is 6.28. The van der Waals surface area contributed by atoms with Crippen LogP contribution in [0.5, 0.6) is 0 Å². The predicted molar refractivity (Wildman–Crippen MR) is 80.4 cm³/mol. The molecule has 1 fully saturated rings. The summed E-state index contributed by atoms with van der Waals surface area (Å²) in [5.41, 5.74) is 2.02. The molecule has 0 aliphatic carbocycles. The van der Waals surface area contributed by atoms with E-state index in [1.165, 1.54) is 5.69 Å². The van der Waals surface area contributed by atoms with Crippen LogP contribution in [-0.4, -0.2) is 49.3 Å². The van der Waals surface area contributed by atoms with Gasteiger partial charge >= 0.3 is 0 Å². The van der Waals surface area contributed by atoms with E-state index in [-0.39, 0.29) is 0 Å². The van der Waals surface area contributed by atoms with Crippen LogP contribution >= 0.6 is 12.2 Å². The third-order valence-electron chi connectivity index (χ3n) is 3.27. The van der Waals surface area contributed by atoms with Gasteiger partial charge in [-0.3, -0.25) is 4.90 Å². The van der Waals surface area contributed by atoms with Crippen LogP contribution in [0.3, 0.4) is 0 Å². The van der Waals surface area contributed by atoms with Crippen molar-refractivity contribution in [3.63, 3.8) is 0 Å². The molecule has 0 amide bonds. The summed E-state index contributed by atoms with van der Waals surface area (Å²) in [4.78, 5) is 18.6. The number of piperazine rings is 1. The summed E-state index contributed by atoms with van der Waals surface area (Å²) in [7, 11) is 0. The fourth-order valence-corrected chi connectivity index (χ4v) is 2.31. The zero-order valence-electron chi connectivity index (χ0n) is 10.7. The van der Waals surface area contributed by atoms with Gasteiger partial charge in [0.05, 0.1) is 17.4 Å². The minimum Gasteiger partial charge on any atom is -0.369 e. The van der Waals surface area contributed by atoms with Crippen molar-refractivity contribution < 1.29 is 0 Å². The summed E-state index contributed by atoms with van der Waals surface area (Å²) in [6, 6.07) is 7.98. The van der Waals surface area contributed by atoms with E-state index in [0.29, 0.717) is 6.54 Å². The number of thiocarbonyl (C=S) groups is 1. The molecule has 1 aromatic carbocycles. The van der Waals surface area contributed by atoms with E-state index in [0.717, 1.165) is 38.4 Å². The lowest BCUT2D eigenvalue weighted by molar-refractivity contribution is 0.265. The van der Waals surface area contributed by atoms with Gasteiger partial charge in [0.1, 0.15) is 0 Å². The van der Waals surface area contributed by atoms with Gasteiger partial charge in [-0.05, 0) is 36.5 Å². The summed E-state index contributed by atoms with van der Waals surface area (Å²) in [6.45, 7) is 5.01. The van der Waals surface area contributed by atoms with E-state index in [1.807, 2.05) is 24.3 Å². The second kappa shape index (κ2) is 7.09. The van der Waals surface area contributed by atoms with Crippen LogP contribution in [0.1, 0.15) is 0 Å². The molecule has 0 radical (unpaired) electrons. The average Bonchev–Trinajstić information content (AvgIpc) is 2.47. The van der Waals surface area contributed by atoms with Crippen molar-refractivity contribution in [3.8, 4) is 0 Å². The zero-order valence-corrected chi connectivity index (χ0v) is 11.5. The predicted octanol–water partition coefficient (Wildman–Crippen LogP) is 2.31. The Morgan fingerprint density at radius 2 is 1.84 bits per heavy atom. The summed E-state index contributed by atoms with van der Waals surface area (Å²) >= 11 is 4.58. The average molecular weight is 276 g/mol. The van der Waals surface area contributed by atoms with E-state index in [1.54, 1.807) is 0 Å². The minimum atomic E-state index is 0.379. The Bertz CT molecular complexity index is 462. The molecule has 1 aliphatic heterocycles. The van der Waals surface area contributed by atoms with Crippen molar-refractivity contribution in [1.29, 1.82) is 0 Å². The number of nitrogens with zero attached hydrogens (tertiary/aromatic N) is 4. The quantitative estimate of drug-likeness (QED) is 0.470. The van der Waals surface area contributed by atoms with Crippen molar-refractivity contribution in [2.75, 3.05) is 44.2 Å². The first kappa shape index (κ1) is 13.8. The summed E-state index contributed by atoms with van der Waals surface area (Å²) in [5.74, 6) is 0. The first-order chi connectivity index (χ1) is 9.33. The number of hydrogen-bond donors (Lipinski definition) is 0. The Labute approximate surface area is 117 Å². The van der Waals surface area contributed by atoms with E-state index in [2.05, 4.69) is 37.3 Å². The number of aliphatic imine (C=N–C) groups is 1. The third kappa shape index (κ3) is 3.92. The number of rotatable bonds is 5. The number of hydrogen-bond acceptors (Lipinski definition) is 6. The third-order valence-corrected chi connectivity index (χ3v) is 3.36. The van der Waals surface area contributed by atoms with Crippen molar-refractivity contribution in [2.24, 2.45) is 10.2 Å². The molecule has 1 saturated heterocycles. The first-order valence-corrected chi connectivity index (χ1v) is 6.68. The molecular weight excluding hydrogens is 260 g/mol. The molecule has 0 aromatic heterocycles. The molecule has 0 saturated carbocycles. The molecule has 100 valence electrons. The van der Waals surface area contributed by atoms with E-state index in [9.17, 15) is 4.91 Å². The Morgan fingerprint density at radius 3 is 2.42 bits per heavy atom.